The van der Waals surface area contributed by atoms with Gasteiger partial charge in [-0.25, -0.2) is 5.26 Å². The second-order valence-corrected chi connectivity index (χ2v) is 5.17. The molecular weight excluding hydrogens is 324 g/mol. The zero-order valence-corrected chi connectivity index (χ0v) is 13.4. The van der Waals surface area contributed by atoms with Crippen molar-refractivity contribution in [3.05, 3.63) is 12.5 Å². The Hall–Kier alpha value is -2.33. The minimum Gasteiger partial charge on any atom is -0.481 e. The molecule has 0 aromatic rings. The molecule has 0 radical (unpaired) electrons. The molecule has 0 amide bonds. The highest BCUT2D eigenvalue weighted by molar-refractivity contribution is 5.69. The van der Waals surface area contributed by atoms with Crippen molar-refractivity contribution in [3.63, 3.8) is 0 Å². The maximum Gasteiger partial charge on any atom is 0.323 e. The van der Waals surface area contributed by atoms with Gasteiger partial charge in [-0.2, -0.15) is 0 Å². The molecule has 0 atom stereocenters. The quantitative estimate of drug-likeness (QED) is 0.141. The van der Waals surface area contributed by atoms with Crippen molar-refractivity contribution in [1.82, 2.24) is 9.80 Å². The van der Waals surface area contributed by atoms with Crippen LogP contribution in [0, 0.1) is 0 Å². The average Bonchev–Trinajstić information content (AvgIpc) is 2.47. The number of nitrogens with zero attached hydrogens (tertiary/aromatic N) is 2. The fourth-order valence-electron chi connectivity index (χ4n) is 2.07. The molecule has 0 aliphatic carbocycles. The summed E-state index contributed by atoms with van der Waals surface area (Å²) < 4.78 is 0. The third-order valence-electron chi connectivity index (χ3n) is 3.16. The molecule has 0 unspecified atom stereocenters. The van der Waals surface area contributed by atoms with Crippen LogP contribution in [0.5, 0.6) is 0 Å². The predicted molar refractivity (Wildman–Crippen MR) is 82.2 cm³/mol. The van der Waals surface area contributed by atoms with Crippen molar-refractivity contribution < 1.29 is 39.8 Å². The van der Waals surface area contributed by atoms with Crippen molar-refractivity contribution in [3.8, 4) is 0 Å². The highest BCUT2D eigenvalue weighted by atomic mass is 17.1. The van der Waals surface area contributed by atoms with Gasteiger partial charge in [0, 0.05) is 13.0 Å². The van der Waals surface area contributed by atoms with Crippen molar-refractivity contribution in [2.24, 2.45) is 0 Å². The smallest absolute Gasteiger partial charge is 0.323 e. The maximum atomic E-state index is 10.8. The summed E-state index contributed by atoms with van der Waals surface area (Å²) in [6.07, 6.45) is 1.40. The fourth-order valence-corrected chi connectivity index (χ4v) is 2.07. The topological polar surface area (TPSA) is 148 Å². The molecule has 0 rings (SSSR count). The molecule has 0 saturated carbocycles. The van der Waals surface area contributed by atoms with Gasteiger partial charge in [-0.1, -0.05) is 0 Å². The molecular formula is C14H24N2O8. The van der Waals surface area contributed by atoms with E-state index in [1.165, 1.54) is 4.90 Å². The Morgan fingerprint density at radius 1 is 0.833 bits per heavy atom. The molecule has 138 valence electrons. The Balaban J connectivity index is 4.26. The van der Waals surface area contributed by atoms with E-state index in [1.807, 2.05) is 0 Å². The maximum absolute atomic E-state index is 10.8. The molecule has 0 fully saturated rings. The molecule has 0 aliphatic heterocycles. The highest BCUT2D eigenvalue weighted by Crippen LogP contribution is 2.06. The lowest BCUT2D eigenvalue weighted by atomic mass is 10.2. The van der Waals surface area contributed by atoms with Crippen LogP contribution in [0.25, 0.3) is 0 Å². The first-order valence-electron chi connectivity index (χ1n) is 7.39. The molecule has 0 aliphatic rings. The zero-order valence-electron chi connectivity index (χ0n) is 13.4. The lowest BCUT2D eigenvalue weighted by Gasteiger charge is -2.23. The molecule has 24 heavy (non-hydrogen) atoms. The predicted octanol–water partition coefficient (Wildman–Crippen LogP) is 0.365. The summed E-state index contributed by atoms with van der Waals surface area (Å²) in [7, 11) is 0. The van der Waals surface area contributed by atoms with Gasteiger partial charge in [0.2, 0.25) is 5.88 Å². The van der Waals surface area contributed by atoms with E-state index in [-0.39, 0.29) is 31.9 Å². The molecule has 10 nitrogen and oxygen atoms in total. The fraction of sp³-hybridized carbons (Fsp3) is 0.643. The normalized spacial score (nSPS) is 10.4. The van der Waals surface area contributed by atoms with E-state index in [4.69, 9.17) is 20.6 Å². The first-order valence-corrected chi connectivity index (χ1v) is 7.39. The van der Waals surface area contributed by atoms with Crippen LogP contribution < -0.4 is 0 Å². The van der Waals surface area contributed by atoms with Gasteiger partial charge in [-0.3, -0.25) is 19.3 Å². The molecule has 0 bridgehead atoms. The first kappa shape index (κ1) is 21.7. The van der Waals surface area contributed by atoms with Crippen LogP contribution in [0.15, 0.2) is 12.5 Å². The molecule has 4 N–H and O–H groups in total. The van der Waals surface area contributed by atoms with Gasteiger partial charge >= 0.3 is 17.9 Å². The number of rotatable bonds is 15. The average molecular weight is 348 g/mol. The van der Waals surface area contributed by atoms with Crippen LogP contribution in [0.4, 0.5) is 0 Å². The van der Waals surface area contributed by atoms with Gasteiger partial charge in [0.05, 0.1) is 6.54 Å². The Morgan fingerprint density at radius 2 is 1.38 bits per heavy atom. The largest absolute Gasteiger partial charge is 0.481 e. The van der Waals surface area contributed by atoms with Crippen molar-refractivity contribution in [1.29, 1.82) is 0 Å². The van der Waals surface area contributed by atoms with E-state index >= 15 is 0 Å². The number of aliphatic carboxylic acids is 3. The summed E-state index contributed by atoms with van der Waals surface area (Å²) in [5.74, 6) is -3.22. The Morgan fingerprint density at radius 3 is 1.88 bits per heavy atom. The minimum absolute atomic E-state index is 0.0316. The van der Waals surface area contributed by atoms with Crippen molar-refractivity contribution >= 4 is 17.9 Å². The van der Waals surface area contributed by atoms with Crippen LogP contribution in [0.3, 0.4) is 0 Å². The van der Waals surface area contributed by atoms with Gasteiger partial charge in [0.25, 0.3) is 0 Å². The monoisotopic (exact) mass is 348 g/mol. The van der Waals surface area contributed by atoms with Gasteiger partial charge in [-0.05, 0) is 38.9 Å². The highest BCUT2D eigenvalue weighted by Gasteiger charge is 2.14. The molecule has 0 heterocycles. The van der Waals surface area contributed by atoms with E-state index in [9.17, 15) is 14.4 Å². The number of hydrogen-bond acceptors (Lipinski definition) is 7. The SMILES string of the molecule is C=C(OO)N(CCCCN(CCCC(=O)O)CC(=O)O)CC(=O)O. The molecule has 10 heteroatoms. The Kier molecular flexibility index (Phi) is 11.0. The summed E-state index contributed by atoms with van der Waals surface area (Å²) in [5.41, 5.74) is 0. The zero-order chi connectivity index (χ0) is 18.5. The number of carboxylic acids is 3. The Bertz CT molecular complexity index is 440. The summed E-state index contributed by atoms with van der Waals surface area (Å²) in [6.45, 7) is 3.86. The van der Waals surface area contributed by atoms with E-state index < -0.39 is 17.9 Å². The molecule has 0 aromatic heterocycles. The third-order valence-corrected chi connectivity index (χ3v) is 3.16. The van der Waals surface area contributed by atoms with E-state index in [1.54, 1.807) is 4.90 Å². The summed E-state index contributed by atoms with van der Waals surface area (Å²) in [6, 6.07) is 0. The second kappa shape index (κ2) is 12.1. The first-order chi connectivity index (χ1) is 11.3. The number of unbranched alkanes of at least 4 members (excludes halogenated alkanes) is 1. The third kappa shape index (κ3) is 11.3. The van der Waals surface area contributed by atoms with Crippen molar-refractivity contribution in [2.45, 2.75) is 25.7 Å². The summed E-state index contributed by atoms with van der Waals surface area (Å²) >= 11 is 0. The van der Waals surface area contributed by atoms with E-state index in [0.29, 0.717) is 32.4 Å². The Labute approximate surface area is 139 Å². The lowest BCUT2D eigenvalue weighted by Crippen LogP contribution is -2.33. The van der Waals surface area contributed by atoms with Crippen LogP contribution in [-0.4, -0.2) is 81.0 Å². The van der Waals surface area contributed by atoms with Crippen molar-refractivity contribution in [2.75, 3.05) is 32.7 Å². The minimum atomic E-state index is -1.10. The van der Waals surface area contributed by atoms with Gasteiger partial charge < -0.3 is 25.1 Å². The lowest BCUT2D eigenvalue weighted by molar-refractivity contribution is -0.224. The van der Waals surface area contributed by atoms with E-state index in [0.717, 1.165) is 0 Å². The van der Waals surface area contributed by atoms with E-state index in [2.05, 4.69) is 11.5 Å². The van der Waals surface area contributed by atoms with Crippen LogP contribution in [-0.2, 0) is 19.3 Å². The number of carbonyl (C=O) groups is 3. The molecule has 0 saturated heterocycles. The summed E-state index contributed by atoms with van der Waals surface area (Å²) in [5, 5.41) is 34.8. The second-order valence-electron chi connectivity index (χ2n) is 5.17. The number of carboxylic acid groups (broad SMARTS) is 3. The van der Waals surface area contributed by atoms with Gasteiger partial charge in [0.15, 0.2) is 0 Å². The van der Waals surface area contributed by atoms with Crippen LogP contribution in [0.1, 0.15) is 25.7 Å². The van der Waals surface area contributed by atoms with Crippen LogP contribution >= 0.6 is 0 Å². The molecule has 0 spiro atoms. The van der Waals surface area contributed by atoms with Gasteiger partial charge in [0.1, 0.15) is 6.54 Å². The molecule has 0 aromatic carbocycles. The summed E-state index contributed by atoms with van der Waals surface area (Å²) in [4.78, 5) is 38.8. The standard InChI is InChI=1S/C14H24N2O8/c1-11(24-23)16(10-14(21)22)8-3-2-6-15(9-13(19)20)7-4-5-12(17)18/h23H,1-10H2,(H,17,18)(H,19,20)(H,21,22). The van der Waals surface area contributed by atoms with Gasteiger partial charge in [-0.15, -0.1) is 0 Å². The van der Waals surface area contributed by atoms with Crippen LogP contribution in [0.2, 0.25) is 0 Å². The number of hydrogen-bond donors (Lipinski definition) is 4.